The van der Waals surface area contributed by atoms with Crippen LogP contribution in [0.15, 0.2) is 63.5 Å². The number of rotatable bonds is 7. The van der Waals surface area contributed by atoms with Crippen molar-refractivity contribution in [3.05, 3.63) is 63.9 Å². The second-order valence-electron chi connectivity index (χ2n) is 5.56. The van der Waals surface area contributed by atoms with Crippen LogP contribution in [0.2, 0.25) is 0 Å². The first-order chi connectivity index (χ1) is 13.0. The number of hydrogen-bond donors (Lipinski definition) is 2. The number of ether oxygens (including phenoxy) is 1. The summed E-state index contributed by atoms with van der Waals surface area (Å²) in [5, 5.41) is 15.8. The van der Waals surface area contributed by atoms with Crippen LogP contribution in [-0.2, 0) is 4.79 Å². The third-order valence-electron chi connectivity index (χ3n) is 3.56. The van der Waals surface area contributed by atoms with E-state index in [1.165, 1.54) is 18.3 Å². The van der Waals surface area contributed by atoms with E-state index in [0.717, 1.165) is 16.8 Å². The molecule has 3 aromatic rings. The molecule has 0 amide bonds. The average molecular weight is 446 g/mol. The summed E-state index contributed by atoms with van der Waals surface area (Å²) in [5.74, 6) is -0.558. The van der Waals surface area contributed by atoms with Gasteiger partial charge >= 0.3 is 5.97 Å². The number of carboxylic acid groups (broad SMARTS) is 1. The second kappa shape index (κ2) is 8.79. The molecule has 3 rings (SSSR count). The van der Waals surface area contributed by atoms with E-state index >= 15 is 0 Å². The van der Waals surface area contributed by atoms with Crippen LogP contribution in [0.4, 0.5) is 5.13 Å². The van der Waals surface area contributed by atoms with Gasteiger partial charge in [-0.25, -0.2) is 9.78 Å². The Kier molecular flexibility index (Phi) is 6.20. The molecule has 1 heterocycles. The molecule has 0 radical (unpaired) electrons. The van der Waals surface area contributed by atoms with Crippen molar-refractivity contribution in [2.45, 2.75) is 13.0 Å². The van der Waals surface area contributed by atoms with Crippen LogP contribution in [0, 0.1) is 0 Å². The number of hydrogen-bond acceptors (Lipinski definition) is 6. The fourth-order valence-electron chi connectivity index (χ4n) is 2.16. The van der Waals surface area contributed by atoms with Crippen molar-refractivity contribution in [1.82, 2.24) is 4.98 Å². The normalized spacial score (nSPS) is 12.1. The number of carboxylic acids is 1. The topological polar surface area (TPSA) is 83.8 Å². The van der Waals surface area contributed by atoms with Gasteiger partial charge in [-0.1, -0.05) is 30.3 Å². The van der Waals surface area contributed by atoms with Crippen molar-refractivity contribution < 1.29 is 14.6 Å². The zero-order chi connectivity index (χ0) is 19.2. The van der Waals surface area contributed by atoms with E-state index in [9.17, 15) is 4.79 Å². The zero-order valence-corrected chi connectivity index (χ0v) is 16.7. The fraction of sp³-hybridized carbons (Fsp3) is 0.105. The maximum Gasteiger partial charge on any atom is 0.344 e. The summed E-state index contributed by atoms with van der Waals surface area (Å²) < 4.78 is 6.02. The highest BCUT2D eigenvalue weighted by Crippen LogP contribution is 2.27. The highest BCUT2D eigenvalue weighted by atomic mass is 79.9. The molecular formula is C19H16BrN3O3S. The van der Waals surface area contributed by atoms with Gasteiger partial charge < -0.3 is 9.84 Å². The minimum Gasteiger partial charge on any atom is -0.479 e. The van der Waals surface area contributed by atoms with Gasteiger partial charge in [0, 0.05) is 10.9 Å². The van der Waals surface area contributed by atoms with Gasteiger partial charge in [-0.05, 0) is 46.6 Å². The molecule has 1 unspecified atom stereocenters. The first kappa shape index (κ1) is 19.1. The Bertz CT molecular complexity index is 960. The number of nitrogens with one attached hydrogen (secondary N) is 1. The molecule has 0 fully saturated rings. The van der Waals surface area contributed by atoms with Gasteiger partial charge in [-0.3, -0.25) is 5.43 Å². The van der Waals surface area contributed by atoms with Crippen LogP contribution in [0.5, 0.6) is 5.75 Å². The maximum atomic E-state index is 10.9. The first-order valence-corrected chi connectivity index (χ1v) is 9.69. The molecule has 0 spiro atoms. The Labute approximate surface area is 168 Å². The van der Waals surface area contributed by atoms with Gasteiger partial charge in [0.25, 0.3) is 0 Å². The Morgan fingerprint density at radius 1 is 1.33 bits per heavy atom. The summed E-state index contributed by atoms with van der Waals surface area (Å²) in [6.07, 6.45) is 0.727. The van der Waals surface area contributed by atoms with Crippen molar-refractivity contribution in [2.24, 2.45) is 5.10 Å². The number of carbonyl (C=O) groups is 1. The molecule has 1 atom stereocenters. The largest absolute Gasteiger partial charge is 0.479 e. The number of anilines is 1. The highest BCUT2D eigenvalue weighted by molar-refractivity contribution is 9.10. The molecule has 0 aliphatic heterocycles. The molecule has 0 saturated heterocycles. The van der Waals surface area contributed by atoms with E-state index in [2.05, 4.69) is 31.4 Å². The Morgan fingerprint density at radius 2 is 2.11 bits per heavy atom. The number of aromatic nitrogens is 1. The van der Waals surface area contributed by atoms with Crippen LogP contribution >= 0.6 is 27.3 Å². The van der Waals surface area contributed by atoms with Crippen LogP contribution in [-0.4, -0.2) is 28.4 Å². The molecule has 1 aromatic heterocycles. The SMILES string of the molecule is CC(Oc1ccc(C=NNc2nc(-c3ccccc3)cs2)cc1Br)C(=O)O. The zero-order valence-electron chi connectivity index (χ0n) is 14.3. The van der Waals surface area contributed by atoms with E-state index < -0.39 is 12.1 Å². The van der Waals surface area contributed by atoms with Crippen LogP contribution < -0.4 is 10.2 Å². The predicted octanol–water partition coefficient (Wildman–Crippen LogP) is 4.87. The van der Waals surface area contributed by atoms with Crippen molar-refractivity contribution in [3.63, 3.8) is 0 Å². The Balaban J connectivity index is 1.62. The third kappa shape index (κ3) is 5.15. The van der Waals surface area contributed by atoms with Crippen molar-refractivity contribution in [1.29, 1.82) is 0 Å². The number of halogens is 1. The monoisotopic (exact) mass is 445 g/mol. The number of thiazole rings is 1. The number of nitrogens with zero attached hydrogens (tertiary/aromatic N) is 2. The lowest BCUT2D eigenvalue weighted by molar-refractivity contribution is -0.144. The average Bonchev–Trinajstić information content (AvgIpc) is 3.13. The highest BCUT2D eigenvalue weighted by Gasteiger charge is 2.14. The van der Waals surface area contributed by atoms with Gasteiger partial charge in [0.1, 0.15) is 5.75 Å². The van der Waals surface area contributed by atoms with Crippen molar-refractivity contribution in [3.8, 4) is 17.0 Å². The van der Waals surface area contributed by atoms with Gasteiger partial charge in [0.2, 0.25) is 5.13 Å². The maximum absolute atomic E-state index is 10.9. The summed E-state index contributed by atoms with van der Waals surface area (Å²) in [7, 11) is 0. The molecule has 0 saturated carbocycles. The van der Waals surface area contributed by atoms with E-state index in [0.29, 0.717) is 15.4 Å². The lowest BCUT2D eigenvalue weighted by Gasteiger charge is -2.12. The van der Waals surface area contributed by atoms with Crippen LogP contribution in [0.25, 0.3) is 11.3 Å². The molecule has 2 N–H and O–H groups in total. The van der Waals surface area contributed by atoms with Gasteiger partial charge in [-0.2, -0.15) is 5.10 Å². The van der Waals surface area contributed by atoms with Gasteiger partial charge in [-0.15, -0.1) is 11.3 Å². The molecule has 6 nitrogen and oxygen atoms in total. The Morgan fingerprint density at radius 3 is 2.81 bits per heavy atom. The molecule has 0 aliphatic rings. The fourth-order valence-corrected chi connectivity index (χ4v) is 3.32. The molecule has 0 aliphatic carbocycles. The lowest BCUT2D eigenvalue weighted by atomic mass is 10.2. The summed E-state index contributed by atoms with van der Waals surface area (Å²) in [5.41, 5.74) is 5.70. The van der Waals surface area contributed by atoms with Crippen LogP contribution in [0.1, 0.15) is 12.5 Å². The van der Waals surface area contributed by atoms with Gasteiger partial charge in [0.15, 0.2) is 6.10 Å². The van der Waals surface area contributed by atoms with E-state index in [4.69, 9.17) is 9.84 Å². The summed E-state index contributed by atoms with van der Waals surface area (Å²) in [4.78, 5) is 15.4. The molecule has 8 heteroatoms. The smallest absolute Gasteiger partial charge is 0.344 e. The van der Waals surface area contributed by atoms with E-state index in [1.807, 2.05) is 35.7 Å². The quantitative estimate of drug-likeness (QED) is 0.400. The predicted molar refractivity (Wildman–Crippen MR) is 111 cm³/mol. The van der Waals surface area contributed by atoms with Crippen molar-refractivity contribution in [2.75, 3.05) is 5.43 Å². The summed E-state index contributed by atoms with van der Waals surface area (Å²) >= 11 is 4.85. The third-order valence-corrected chi connectivity index (χ3v) is 4.92. The summed E-state index contributed by atoms with van der Waals surface area (Å²) in [6.45, 7) is 1.48. The van der Waals surface area contributed by atoms with E-state index in [-0.39, 0.29) is 0 Å². The van der Waals surface area contributed by atoms with Crippen molar-refractivity contribution >= 4 is 44.6 Å². The minimum absolute atomic E-state index is 0.461. The van der Waals surface area contributed by atoms with E-state index in [1.54, 1.807) is 24.4 Å². The number of aliphatic carboxylic acids is 1. The molecule has 2 aromatic carbocycles. The minimum atomic E-state index is -1.02. The first-order valence-electron chi connectivity index (χ1n) is 8.02. The molecule has 27 heavy (non-hydrogen) atoms. The molecular weight excluding hydrogens is 430 g/mol. The molecule has 0 bridgehead atoms. The van der Waals surface area contributed by atoms with Crippen LogP contribution in [0.3, 0.4) is 0 Å². The Hall–Kier alpha value is -2.71. The number of hydrazone groups is 1. The lowest BCUT2D eigenvalue weighted by Crippen LogP contribution is -2.23. The van der Waals surface area contributed by atoms with Gasteiger partial charge in [0.05, 0.1) is 16.4 Å². The number of benzene rings is 2. The molecule has 138 valence electrons. The summed E-state index contributed by atoms with van der Waals surface area (Å²) in [6, 6.07) is 15.2. The second-order valence-corrected chi connectivity index (χ2v) is 7.27. The standard InChI is InChI=1S/C19H16BrN3O3S/c1-12(18(24)25)26-17-8-7-13(9-15(17)20)10-21-23-19-22-16(11-27-19)14-5-3-2-4-6-14/h2-12H,1H3,(H,22,23)(H,24,25).